The van der Waals surface area contributed by atoms with Crippen LogP contribution in [0.3, 0.4) is 0 Å². The van der Waals surface area contributed by atoms with Gasteiger partial charge in [-0.1, -0.05) is 20.8 Å². The molecule has 0 aliphatic heterocycles. The van der Waals surface area contributed by atoms with E-state index in [9.17, 15) is 0 Å². The van der Waals surface area contributed by atoms with Gasteiger partial charge in [0, 0.05) is 20.3 Å². The van der Waals surface area contributed by atoms with Crippen molar-refractivity contribution >= 4 is 0 Å². The molecule has 0 fully saturated rings. The fourth-order valence-corrected chi connectivity index (χ4v) is 1.88. The molecule has 0 aliphatic carbocycles. The maximum absolute atomic E-state index is 8.81. The first kappa shape index (κ1) is 13.9. The summed E-state index contributed by atoms with van der Waals surface area (Å²) in [6, 6.07) is 0. The highest BCUT2D eigenvalue weighted by Gasteiger charge is 2.18. The molecule has 2 nitrogen and oxygen atoms in total. The summed E-state index contributed by atoms with van der Waals surface area (Å²) in [7, 11) is 1.75. The SMILES string of the molecule is COCC[C@H](CCCO)CC(C)(C)C. The number of hydrogen-bond donors (Lipinski definition) is 1. The molecule has 0 rings (SSSR count). The standard InChI is InChI=1S/C12H26O2/c1-12(2,3)10-11(6-5-8-13)7-9-14-4/h11,13H,5-10H2,1-4H3/t11-/m0/s1. The molecule has 0 aromatic heterocycles. The van der Waals surface area contributed by atoms with Crippen molar-refractivity contribution in [3.8, 4) is 0 Å². The average molecular weight is 202 g/mol. The van der Waals surface area contributed by atoms with Crippen molar-refractivity contribution in [1.82, 2.24) is 0 Å². The highest BCUT2D eigenvalue weighted by molar-refractivity contribution is 4.69. The molecule has 2 heteroatoms. The lowest BCUT2D eigenvalue weighted by Gasteiger charge is -2.25. The quantitative estimate of drug-likeness (QED) is 0.688. The van der Waals surface area contributed by atoms with Gasteiger partial charge in [-0.3, -0.25) is 0 Å². The van der Waals surface area contributed by atoms with Crippen LogP contribution in [0.5, 0.6) is 0 Å². The van der Waals surface area contributed by atoms with Gasteiger partial charge in [-0.2, -0.15) is 0 Å². The predicted octanol–water partition coefficient (Wildman–Crippen LogP) is 2.85. The Kier molecular flexibility index (Phi) is 7.20. The zero-order valence-corrected chi connectivity index (χ0v) is 10.2. The fraction of sp³-hybridized carbons (Fsp3) is 1.00. The molecule has 0 unspecified atom stereocenters. The van der Waals surface area contributed by atoms with Crippen LogP contribution in [0.1, 0.15) is 46.5 Å². The highest BCUT2D eigenvalue weighted by Crippen LogP contribution is 2.29. The first-order valence-corrected chi connectivity index (χ1v) is 5.59. The van der Waals surface area contributed by atoms with Crippen LogP contribution >= 0.6 is 0 Å². The molecular formula is C12H26O2. The highest BCUT2D eigenvalue weighted by atomic mass is 16.5. The van der Waals surface area contributed by atoms with Gasteiger partial charge in [0.25, 0.3) is 0 Å². The minimum Gasteiger partial charge on any atom is -0.396 e. The van der Waals surface area contributed by atoms with Crippen molar-refractivity contribution < 1.29 is 9.84 Å². The molecule has 0 saturated carbocycles. The topological polar surface area (TPSA) is 29.5 Å². The van der Waals surface area contributed by atoms with E-state index in [0.717, 1.165) is 25.9 Å². The summed E-state index contributed by atoms with van der Waals surface area (Å²) in [5.74, 6) is 0.696. The Bertz CT molecular complexity index is 119. The van der Waals surface area contributed by atoms with E-state index < -0.39 is 0 Å². The number of ether oxygens (including phenoxy) is 1. The Morgan fingerprint density at radius 2 is 1.86 bits per heavy atom. The second kappa shape index (κ2) is 7.24. The van der Waals surface area contributed by atoms with Crippen LogP contribution in [0.4, 0.5) is 0 Å². The van der Waals surface area contributed by atoms with Gasteiger partial charge in [-0.05, 0) is 37.0 Å². The Morgan fingerprint density at radius 1 is 1.21 bits per heavy atom. The first-order chi connectivity index (χ1) is 6.49. The maximum atomic E-state index is 8.81. The molecule has 0 saturated heterocycles. The third kappa shape index (κ3) is 8.52. The summed E-state index contributed by atoms with van der Waals surface area (Å²) in [6.45, 7) is 7.96. The number of methoxy groups -OCH3 is 1. The van der Waals surface area contributed by atoms with Gasteiger partial charge in [-0.25, -0.2) is 0 Å². The van der Waals surface area contributed by atoms with Gasteiger partial charge in [-0.15, -0.1) is 0 Å². The predicted molar refractivity (Wildman–Crippen MR) is 60.4 cm³/mol. The molecule has 1 atom stereocenters. The van der Waals surface area contributed by atoms with Gasteiger partial charge in [0.15, 0.2) is 0 Å². The van der Waals surface area contributed by atoms with E-state index in [1.807, 2.05) is 0 Å². The Balaban J connectivity index is 3.84. The molecule has 0 aromatic rings. The van der Waals surface area contributed by atoms with Gasteiger partial charge in [0.2, 0.25) is 0 Å². The third-order valence-corrected chi connectivity index (χ3v) is 2.40. The first-order valence-electron chi connectivity index (χ1n) is 5.59. The average Bonchev–Trinajstić information content (AvgIpc) is 2.07. The Hall–Kier alpha value is -0.0800. The van der Waals surface area contributed by atoms with E-state index in [4.69, 9.17) is 9.84 Å². The minimum atomic E-state index is 0.313. The fourth-order valence-electron chi connectivity index (χ4n) is 1.88. The molecule has 86 valence electrons. The Morgan fingerprint density at radius 3 is 2.29 bits per heavy atom. The van der Waals surface area contributed by atoms with Crippen LogP contribution in [-0.2, 0) is 4.74 Å². The largest absolute Gasteiger partial charge is 0.396 e. The van der Waals surface area contributed by atoms with Crippen molar-refractivity contribution in [3.05, 3.63) is 0 Å². The smallest absolute Gasteiger partial charge is 0.0464 e. The van der Waals surface area contributed by atoms with Crippen molar-refractivity contribution in [3.63, 3.8) is 0 Å². The number of rotatable bonds is 7. The van der Waals surface area contributed by atoms with Crippen LogP contribution < -0.4 is 0 Å². The van der Waals surface area contributed by atoms with E-state index in [-0.39, 0.29) is 0 Å². The summed E-state index contributed by atoms with van der Waals surface area (Å²) >= 11 is 0. The monoisotopic (exact) mass is 202 g/mol. The van der Waals surface area contributed by atoms with Crippen molar-refractivity contribution in [2.24, 2.45) is 11.3 Å². The summed E-state index contributed by atoms with van der Waals surface area (Å²) in [4.78, 5) is 0. The third-order valence-electron chi connectivity index (χ3n) is 2.40. The minimum absolute atomic E-state index is 0.313. The van der Waals surface area contributed by atoms with Crippen LogP contribution in [-0.4, -0.2) is 25.4 Å². The van der Waals surface area contributed by atoms with Gasteiger partial charge in [0.1, 0.15) is 0 Å². The molecule has 0 amide bonds. The summed E-state index contributed by atoms with van der Waals surface area (Å²) in [6.07, 6.45) is 4.38. The molecule has 0 heterocycles. The second-order valence-corrected chi connectivity index (χ2v) is 5.28. The lowest BCUT2D eigenvalue weighted by molar-refractivity contribution is 0.153. The van der Waals surface area contributed by atoms with E-state index in [1.54, 1.807) is 7.11 Å². The van der Waals surface area contributed by atoms with Crippen LogP contribution in [0, 0.1) is 11.3 Å². The lowest BCUT2D eigenvalue weighted by Crippen LogP contribution is -2.15. The Labute approximate surface area is 88.7 Å². The van der Waals surface area contributed by atoms with E-state index >= 15 is 0 Å². The normalized spacial score (nSPS) is 14.4. The lowest BCUT2D eigenvalue weighted by atomic mass is 9.81. The maximum Gasteiger partial charge on any atom is 0.0464 e. The molecule has 14 heavy (non-hydrogen) atoms. The summed E-state index contributed by atoms with van der Waals surface area (Å²) < 4.78 is 5.10. The van der Waals surface area contributed by atoms with Crippen molar-refractivity contribution in [2.75, 3.05) is 20.3 Å². The van der Waals surface area contributed by atoms with Crippen LogP contribution in [0.2, 0.25) is 0 Å². The molecule has 0 aliphatic rings. The number of aliphatic hydroxyl groups is 1. The van der Waals surface area contributed by atoms with E-state index in [1.165, 1.54) is 6.42 Å². The van der Waals surface area contributed by atoms with E-state index in [2.05, 4.69) is 20.8 Å². The van der Waals surface area contributed by atoms with Gasteiger partial charge < -0.3 is 9.84 Å². The molecule has 0 bridgehead atoms. The zero-order valence-electron chi connectivity index (χ0n) is 10.2. The molecule has 1 N–H and O–H groups in total. The number of aliphatic hydroxyl groups excluding tert-OH is 1. The van der Waals surface area contributed by atoms with Crippen LogP contribution in [0.25, 0.3) is 0 Å². The van der Waals surface area contributed by atoms with Crippen LogP contribution in [0.15, 0.2) is 0 Å². The zero-order chi connectivity index (χ0) is 11.0. The van der Waals surface area contributed by atoms with Gasteiger partial charge >= 0.3 is 0 Å². The van der Waals surface area contributed by atoms with Crippen molar-refractivity contribution in [1.29, 1.82) is 0 Å². The second-order valence-electron chi connectivity index (χ2n) is 5.28. The molecule has 0 aromatic carbocycles. The molecular weight excluding hydrogens is 176 g/mol. The van der Waals surface area contributed by atoms with E-state index in [0.29, 0.717) is 17.9 Å². The summed E-state index contributed by atoms with van der Waals surface area (Å²) in [5.41, 5.74) is 0.383. The molecule has 0 radical (unpaired) electrons. The van der Waals surface area contributed by atoms with Crippen molar-refractivity contribution in [2.45, 2.75) is 46.5 Å². The van der Waals surface area contributed by atoms with Gasteiger partial charge in [0.05, 0.1) is 0 Å². The number of hydrogen-bond acceptors (Lipinski definition) is 2. The molecule has 0 spiro atoms. The summed E-state index contributed by atoms with van der Waals surface area (Å²) in [5, 5.41) is 8.81.